The Bertz CT molecular complexity index is 1090. The average Bonchev–Trinajstić information content (AvgIpc) is 2.99. The molecule has 3 aromatic rings. The van der Waals surface area contributed by atoms with Gasteiger partial charge >= 0.3 is 5.97 Å². The number of benzene rings is 2. The average molecular weight is 383 g/mol. The van der Waals surface area contributed by atoms with Crippen molar-refractivity contribution in [2.24, 2.45) is 5.10 Å². The summed E-state index contributed by atoms with van der Waals surface area (Å²) in [6.07, 6.45) is 1.59. The minimum atomic E-state index is -0.680. The number of hydrogen-bond donors (Lipinski definition) is 1. The number of nitrogens with one attached hydrogen (secondary N) is 1. The number of nitrogens with zero attached hydrogens (tertiary/aromatic N) is 4. The second-order valence-corrected chi connectivity index (χ2v) is 5.79. The number of esters is 1. The van der Waals surface area contributed by atoms with E-state index in [1.807, 2.05) is 0 Å². The number of aromatic amines is 1. The van der Waals surface area contributed by atoms with Gasteiger partial charge in [-0.1, -0.05) is 6.07 Å². The minimum Gasteiger partial charge on any atom is -0.423 e. The van der Waals surface area contributed by atoms with Gasteiger partial charge in [-0.05, 0) is 55.0 Å². The Hall–Kier alpha value is -3.66. The number of aromatic nitrogens is 3. The lowest BCUT2D eigenvalue weighted by atomic mass is 10.2. The van der Waals surface area contributed by atoms with E-state index in [-0.39, 0.29) is 11.3 Å². The summed E-state index contributed by atoms with van der Waals surface area (Å²) in [6, 6.07) is 12.0. The number of nitro groups is 1. The SMILES string of the molecule is Cc1n[nH]c(=S)n1/N=C\c1ccc(OC(=O)c2cccc([N+](=O)[O-])c2)cc1. The Morgan fingerprint density at radius 2 is 2.07 bits per heavy atom. The topological polar surface area (TPSA) is 115 Å². The van der Waals surface area contributed by atoms with Crippen molar-refractivity contribution < 1.29 is 14.5 Å². The molecule has 0 radical (unpaired) electrons. The molecule has 3 rings (SSSR count). The highest BCUT2D eigenvalue weighted by Crippen LogP contribution is 2.17. The summed E-state index contributed by atoms with van der Waals surface area (Å²) in [5.41, 5.74) is 0.677. The van der Waals surface area contributed by atoms with Gasteiger partial charge in [0.25, 0.3) is 5.69 Å². The van der Waals surface area contributed by atoms with Gasteiger partial charge in [0, 0.05) is 12.1 Å². The van der Waals surface area contributed by atoms with Gasteiger partial charge in [-0.3, -0.25) is 15.2 Å². The van der Waals surface area contributed by atoms with E-state index >= 15 is 0 Å². The highest BCUT2D eigenvalue weighted by atomic mass is 32.1. The predicted octanol–water partition coefficient (Wildman–Crippen LogP) is 3.26. The fourth-order valence-electron chi connectivity index (χ4n) is 2.17. The molecule has 0 unspecified atom stereocenters. The van der Waals surface area contributed by atoms with E-state index in [4.69, 9.17) is 17.0 Å². The fourth-order valence-corrected chi connectivity index (χ4v) is 2.39. The van der Waals surface area contributed by atoms with Gasteiger partial charge in [0.15, 0.2) is 0 Å². The van der Waals surface area contributed by atoms with Gasteiger partial charge in [-0.25, -0.2) is 4.79 Å². The van der Waals surface area contributed by atoms with Crippen LogP contribution in [0.4, 0.5) is 5.69 Å². The van der Waals surface area contributed by atoms with E-state index in [2.05, 4.69) is 15.3 Å². The molecule has 0 saturated carbocycles. The van der Waals surface area contributed by atoms with Crippen molar-refractivity contribution >= 4 is 30.1 Å². The van der Waals surface area contributed by atoms with Crippen LogP contribution in [0.15, 0.2) is 53.6 Å². The number of hydrogen-bond acceptors (Lipinski definition) is 7. The third kappa shape index (κ3) is 4.30. The molecule has 0 saturated heterocycles. The molecular formula is C17H13N5O4S. The van der Waals surface area contributed by atoms with Crippen LogP contribution in [-0.2, 0) is 0 Å². The summed E-state index contributed by atoms with van der Waals surface area (Å²) in [5, 5.41) is 21.6. The number of nitro benzene ring substituents is 1. The monoisotopic (exact) mass is 383 g/mol. The molecule has 0 spiro atoms. The summed E-state index contributed by atoms with van der Waals surface area (Å²) < 4.78 is 7.09. The largest absolute Gasteiger partial charge is 0.423 e. The zero-order chi connectivity index (χ0) is 19.4. The molecule has 0 aliphatic rings. The van der Waals surface area contributed by atoms with Crippen molar-refractivity contribution in [3.63, 3.8) is 0 Å². The highest BCUT2D eigenvalue weighted by Gasteiger charge is 2.13. The van der Waals surface area contributed by atoms with Crippen LogP contribution in [0.5, 0.6) is 5.75 Å². The first-order valence-electron chi connectivity index (χ1n) is 7.69. The maximum Gasteiger partial charge on any atom is 0.343 e. The quantitative estimate of drug-likeness (QED) is 0.181. The van der Waals surface area contributed by atoms with Crippen molar-refractivity contribution in [1.29, 1.82) is 0 Å². The Morgan fingerprint density at radius 1 is 1.33 bits per heavy atom. The molecule has 1 aromatic heterocycles. The van der Waals surface area contributed by atoms with Gasteiger partial charge in [0.1, 0.15) is 11.6 Å². The number of non-ortho nitro benzene ring substituents is 1. The number of carbonyl (C=O) groups is 1. The summed E-state index contributed by atoms with van der Waals surface area (Å²) in [4.78, 5) is 22.4. The van der Waals surface area contributed by atoms with Crippen molar-refractivity contribution in [3.05, 3.63) is 80.4 Å². The molecule has 1 heterocycles. The van der Waals surface area contributed by atoms with E-state index in [0.29, 0.717) is 16.3 Å². The number of carbonyl (C=O) groups excluding carboxylic acids is 1. The molecule has 0 aliphatic heterocycles. The molecular weight excluding hydrogens is 370 g/mol. The molecule has 0 bridgehead atoms. The van der Waals surface area contributed by atoms with Gasteiger partial charge in [-0.2, -0.15) is 14.9 Å². The van der Waals surface area contributed by atoms with Crippen LogP contribution in [0.1, 0.15) is 21.7 Å². The molecule has 0 amide bonds. The van der Waals surface area contributed by atoms with Crippen molar-refractivity contribution in [2.45, 2.75) is 6.92 Å². The zero-order valence-corrected chi connectivity index (χ0v) is 14.8. The number of ether oxygens (including phenoxy) is 1. The molecule has 2 aromatic carbocycles. The number of aryl methyl sites for hydroxylation is 1. The van der Waals surface area contributed by atoms with Gasteiger partial charge in [0.05, 0.1) is 16.7 Å². The normalized spacial score (nSPS) is 10.9. The second-order valence-electron chi connectivity index (χ2n) is 5.40. The van der Waals surface area contributed by atoms with Gasteiger partial charge in [-0.15, -0.1) is 0 Å². The molecule has 9 nitrogen and oxygen atoms in total. The van der Waals surface area contributed by atoms with E-state index < -0.39 is 10.9 Å². The summed E-state index contributed by atoms with van der Waals surface area (Å²) in [7, 11) is 0. The molecule has 136 valence electrons. The van der Waals surface area contributed by atoms with E-state index in [1.165, 1.54) is 28.9 Å². The van der Waals surface area contributed by atoms with Crippen LogP contribution in [-0.4, -0.2) is 32.0 Å². The van der Waals surface area contributed by atoms with E-state index in [0.717, 1.165) is 5.56 Å². The first-order chi connectivity index (χ1) is 12.9. The zero-order valence-electron chi connectivity index (χ0n) is 14.0. The first kappa shape index (κ1) is 18.1. The third-order valence-corrected chi connectivity index (χ3v) is 3.78. The van der Waals surface area contributed by atoms with Crippen LogP contribution < -0.4 is 4.74 Å². The summed E-state index contributed by atoms with van der Waals surface area (Å²) >= 11 is 5.06. The maximum absolute atomic E-state index is 12.1. The lowest BCUT2D eigenvalue weighted by Gasteiger charge is -2.04. The lowest BCUT2D eigenvalue weighted by molar-refractivity contribution is -0.384. The van der Waals surface area contributed by atoms with Crippen molar-refractivity contribution in [3.8, 4) is 5.75 Å². The molecule has 1 N–H and O–H groups in total. The molecule has 0 fully saturated rings. The Balaban J connectivity index is 1.70. The van der Waals surface area contributed by atoms with Crippen LogP contribution in [0.3, 0.4) is 0 Å². The smallest absolute Gasteiger partial charge is 0.343 e. The molecule has 27 heavy (non-hydrogen) atoms. The second kappa shape index (κ2) is 7.70. The Morgan fingerprint density at radius 3 is 2.70 bits per heavy atom. The van der Waals surface area contributed by atoms with E-state index in [1.54, 1.807) is 37.4 Å². The van der Waals surface area contributed by atoms with Crippen LogP contribution >= 0.6 is 12.2 Å². The van der Waals surface area contributed by atoms with E-state index in [9.17, 15) is 14.9 Å². The fraction of sp³-hybridized carbons (Fsp3) is 0.0588. The van der Waals surface area contributed by atoms with Gasteiger partial charge < -0.3 is 4.74 Å². The Labute approximate surface area is 158 Å². The van der Waals surface area contributed by atoms with Crippen LogP contribution in [0.2, 0.25) is 0 Å². The molecule has 10 heteroatoms. The van der Waals surface area contributed by atoms with Crippen molar-refractivity contribution in [2.75, 3.05) is 0 Å². The number of rotatable bonds is 5. The number of H-pyrrole nitrogens is 1. The summed E-state index contributed by atoms with van der Waals surface area (Å²) in [5.74, 6) is 0.249. The van der Waals surface area contributed by atoms with Crippen molar-refractivity contribution in [1.82, 2.24) is 14.9 Å². The van der Waals surface area contributed by atoms with Crippen LogP contribution in [0, 0.1) is 21.8 Å². The minimum absolute atomic E-state index is 0.0969. The maximum atomic E-state index is 12.1. The third-order valence-electron chi connectivity index (χ3n) is 3.52. The first-order valence-corrected chi connectivity index (χ1v) is 8.10. The van der Waals surface area contributed by atoms with Gasteiger partial charge in [0.2, 0.25) is 4.77 Å². The molecule has 0 atom stereocenters. The summed E-state index contributed by atoms with van der Waals surface area (Å²) in [6.45, 7) is 1.76. The highest BCUT2D eigenvalue weighted by molar-refractivity contribution is 7.71. The lowest BCUT2D eigenvalue weighted by Crippen LogP contribution is -2.08. The predicted molar refractivity (Wildman–Crippen MR) is 99.6 cm³/mol. The standard InChI is InChI=1S/C17H13N5O4S/c1-11-19-20-17(27)21(11)18-10-12-5-7-15(8-6-12)26-16(23)13-3-2-4-14(9-13)22(24)25/h2-10H,1H3,(H,20,27)/b18-10-. The molecule has 0 aliphatic carbocycles. The Kier molecular flexibility index (Phi) is 5.18. The van der Waals surface area contributed by atoms with Crippen LogP contribution in [0.25, 0.3) is 0 Å².